The van der Waals surface area contributed by atoms with Crippen molar-refractivity contribution in [3.05, 3.63) is 95.6 Å². The van der Waals surface area contributed by atoms with Crippen LogP contribution in [0, 0.1) is 0 Å². The third-order valence-electron chi connectivity index (χ3n) is 5.04. The van der Waals surface area contributed by atoms with Gasteiger partial charge in [0, 0.05) is 5.56 Å². The van der Waals surface area contributed by atoms with Gasteiger partial charge in [0.25, 0.3) is 11.8 Å². The molecule has 6 heteroatoms. The Morgan fingerprint density at radius 2 is 1.42 bits per heavy atom. The van der Waals surface area contributed by atoms with Gasteiger partial charge in [-0.25, -0.2) is 0 Å². The normalized spacial score (nSPS) is 10.3. The minimum Gasteiger partial charge on any atom is -0.494 e. The Kier molecular flexibility index (Phi) is 9.33. The number of carbonyl (C=O) groups excluding carboxylic acids is 2. The van der Waals surface area contributed by atoms with Crippen molar-refractivity contribution in [1.82, 2.24) is 10.9 Å². The SMILES string of the molecule is CCCCCCOc1ccc(C(=O)NNC(=O)c2ccccc2OCc2ccccc2)cc1. The fraction of sp³-hybridized carbons (Fsp3) is 0.259. The molecule has 33 heavy (non-hydrogen) atoms. The Morgan fingerprint density at radius 1 is 0.727 bits per heavy atom. The highest BCUT2D eigenvalue weighted by Crippen LogP contribution is 2.19. The number of carbonyl (C=O) groups is 2. The highest BCUT2D eigenvalue weighted by molar-refractivity contribution is 6.00. The lowest BCUT2D eigenvalue weighted by atomic mass is 10.2. The predicted octanol–water partition coefficient (Wildman–Crippen LogP) is 5.30. The van der Waals surface area contributed by atoms with Crippen molar-refractivity contribution < 1.29 is 19.1 Å². The summed E-state index contributed by atoms with van der Waals surface area (Å²) in [5, 5.41) is 0. The van der Waals surface area contributed by atoms with Crippen LogP contribution in [-0.2, 0) is 6.61 Å². The van der Waals surface area contributed by atoms with E-state index in [-0.39, 0.29) is 0 Å². The van der Waals surface area contributed by atoms with E-state index in [1.807, 2.05) is 30.3 Å². The summed E-state index contributed by atoms with van der Waals surface area (Å²) in [5.41, 5.74) is 6.65. The molecule has 0 fully saturated rings. The number of benzene rings is 3. The first kappa shape index (κ1) is 23.9. The number of nitrogens with one attached hydrogen (secondary N) is 2. The number of hydrogen-bond donors (Lipinski definition) is 2. The van der Waals surface area contributed by atoms with E-state index in [9.17, 15) is 9.59 Å². The van der Waals surface area contributed by atoms with E-state index in [0.717, 1.165) is 24.2 Å². The predicted molar refractivity (Wildman–Crippen MR) is 128 cm³/mol. The van der Waals surface area contributed by atoms with Crippen molar-refractivity contribution in [2.75, 3.05) is 6.61 Å². The number of hydrazine groups is 1. The quantitative estimate of drug-likeness (QED) is 0.310. The monoisotopic (exact) mass is 446 g/mol. The number of ether oxygens (including phenoxy) is 2. The number of amides is 2. The van der Waals surface area contributed by atoms with Gasteiger partial charge in [-0.1, -0.05) is 68.7 Å². The van der Waals surface area contributed by atoms with Crippen LogP contribution >= 0.6 is 0 Å². The lowest BCUT2D eigenvalue weighted by Crippen LogP contribution is -2.41. The second-order valence-electron chi connectivity index (χ2n) is 7.61. The average molecular weight is 447 g/mol. The van der Waals surface area contributed by atoms with Crippen molar-refractivity contribution in [3.63, 3.8) is 0 Å². The van der Waals surface area contributed by atoms with E-state index in [0.29, 0.717) is 30.1 Å². The topological polar surface area (TPSA) is 76.7 Å². The van der Waals surface area contributed by atoms with Crippen LogP contribution in [0.2, 0.25) is 0 Å². The highest BCUT2D eigenvalue weighted by atomic mass is 16.5. The summed E-state index contributed by atoms with van der Waals surface area (Å²) in [5.74, 6) is 0.282. The molecule has 0 aromatic heterocycles. The first-order valence-electron chi connectivity index (χ1n) is 11.3. The standard InChI is InChI=1S/C27H30N2O4/c1-2-3-4-10-19-32-23-17-15-22(16-18-23)26(30)28-29-27(31)24-13-8-9-14-25(24)33-20-21-11-6-5-7-12-21/h5-9,11-18H,2-4,10,19-20H2,1H3,(H,28,30)(H,29,31). The maximum atomic E-state index is 12.6. The number of rotatable bonds is 11. The third kappa shape index (κ3) is 7.68. The van der Waals surface area contributed by atoms with Gasteiger partial charge in [-0.15, -0.1) is 0 Å². The molecule has 2 N–H and O–H groups in total. The number of para-hydroxylation sites is 1. The van der Waals surface area contributed by atoms with E-state index >= 15 is 0 Å². The summed E-state index contributed by atoms with van der Waals surface area (Å²) in [6.45, 7) is 3.17. The van der Waals surface area contributed by atoms with E-state index in [4.69, 9.17) is 9.47 Å². The molecule has 3 rings (SSSR count). The van der Waals surface area contributed by atoms with Crippen LogP contribution in [0.15, 0.2) is 78.9 Å². The minimum atomic E-state index is -0.459. The highest BCUT2D eigenvalue weighted by Gasteiger charge is 2.14. The molecule has 0 bridgehead atoms. The molecule has 0 atom stereocenters. The fourth-order valence-electron chi connectivity index (χ4n) is 3.19. The summed E-state index contributed by atoms with van der Waals surface area (Å²) >= 11 is 0. The molecule has 0 radical (unpaired) electrons. The van der Waals surface area contributed by atoms with E-state index in [1.54, 1.807) is 48.5 Å². The molecule has 0 saturated heterocycles. The smallest absolute Gasteiger partial charge is 0.273 e. The number of unbranched alkanes of at least 4 members (excludes halogenated alkanes) is 3. The molecule has 0 saturated carbocycles. The zero-order valence-electron chi connectivity index (χ0n) is 18.9. The van der Waals surface area contributed by atoms with Crippen LogP contribution in [0.5, 0.6) is 11.5 Å². The van der Waals surface area contributed by atoms with Crippen molar-refractivity contribution in [2.24, 2.45) is 0 Å². The summed E-state index contributed by atoms with van der Waals surface area (Å²) in [4.78, 5) is 25.1. The van der Waals surface area contributed by atoms with Crippen LogP contribution in [0.25, 0.3) is 0 Å². The van der Waals surface area contributed by atoms with Gasteiger partial charge < -0.3 is 9.47 Å². The zero-order chi connectivity index (χ0) is 23.3. The summed E-state index contributed by atoms with van der Waals surface area (Å²) in [6, 6.07) is 23.4. The van der Waals surface area contributed by atoms with E-state index in [1.165, 1.54) is 12.8 Å². The van der Waals surface area contributed by atoms with Gasteiger partial charge in [0.2, 0.25) is 0 Å². The van der Waals surface area contributed by atoms with Crippen LogP contribution in [0.4, 0.5) is 0 Å². The lowest BCUT2D eigenvalue weighted by Gasteiger charge is -2.12. The lowest BCUT2D eigenvalue weighted by molar-refractivity contribution is 0.0844. The van der Waals surface area contributed by atoms with Crippen LogP contribution in [-0.4, -0.2) is 18.4 Å². The molecule has 0 heterocycles. The van der Waals surface area contributed by atoms with E-state index < -0.39 is 11.8 Å². The molecule has 0 aliphatic heterocycles. The maximum Gasteiger partial charge on any atom is 0.273 e. The Bertz CT molecular complexity index is 1020. The second-order valence-corrected chi connectivity index (χ2v) is 7.61. The van der Waals surface area contributed by atoms with Crippen LogP contribution < -0.4 is 20.3 Å². The molecule has 2 amide bonds. The first-order chi connectivity index (χ1) is 16.2. The van der Waals surface area contributed by atoms with Gasteiger partial charge in [-0.3, -0.25) is 20.4 Å². The van der Waals surface area contributed by atoms with Crippen LogP contribution in [0.3, 0.4) is 0 Å². The van der Waals surface area contributed by atoms with Crippen molar-refractivity contribution >= 4 is 11.8 Å². The molecular weight excluding hydrogens is 416 g/mol. The van der Waals surface area contributed by atoms with Gasteiger partial charge >= 0.3 is 0 Å². The molecular formula is C27H30N2O4. The third-order valence-corrected chi connectivity index (χ3v) is 5.04. The number of hydrogen-bond acceptors (Lipinski definition) is 4. The molecule has 6 nitrogen and oxygen atoms in total. The fourth-order valence-corrected chi connectivity index (χ4v) is 3.19. The Morgan fingerprint density at radius 3 is 2.18 bits per heavy atom. The molecule has 3 aromatic rings. The second kappa shape index (κ2) is 12.9. The summed E-state index contributed by atoms with van der Waals surface area (Å²) in [6.07, 6.45) is 4.56. The van der Waals surface area contributed by atoms with Crippen molar-refractivity contribution in [3.8, 4) is 11.5 Å². The van der Waals surface area contributed by atoms with Gasteiger partial charge in [-0.2, -0.15) is 0 Å². The molecule has 0 aliphatic carbocycles. The van der Waals surface area contributed by atoms with Gasteiger partial charge in [-0.05, 0) is 48.4 Å². The van der Waals surface area contributed by atoms with Crippen LogP contribution in [0.1, 0.15) is 58.9 Å². The maximum absolute atomic E-state index is 12.6. The molecule has 3 aromatic carbocycles. The summed E-state index contributed by atoms with van der Waals surface area (Å²) in [7, 11) is 0. The van der Waals surface area contributed by atoms with Crippen molar-refractivity contribution in [1.29, 1.82) is 0 Å². The minimum absolute atomic E-state index is 0.334. The van der Waals surface area contributed by atoms with Gasteiger partial charge in [0.15, 0.2) is 0 Å². The Hall–Kier alpha value is -3.80. The van der Waals surface area contributed by atoms with Crippen molar-refractivity contribution in [2.45, 2.75) is 39.2 Å². The van der Waals surface area contributed by atoms with E-state index in [2.05, 4.69) is 17.8 Å². The summed E-state index contributed by atoms with van der Waals surface area (Å²) < 4.78 is 11.5. The van der Waals surface area contributed by atoms with Gasteiger partial charge in [0.1, 0.15) is 18.1 Å². The molecule has 0 unspecified atom stereocenters. The Labute approximate surface area is 194 Å². The molecule has 0 spiro atoms. The molecule has 0 aliphatic rings. The molecule has 172 valence electrons. The zero-order valence-corrected chi connectivity index (χ0v) is 18.9. The Balaban J connectivity index is 1.49. The van der Waals surface area contributed by atoms with Gasteiger partial charge in [0.05, 0.1) is 12.2 Å². The first-order valence-corrected chi connectivity index (χ1v) is 11.3. The largest absolute Gasteiger partial charge is 0.494 e. The average Bonchev–Trinajstić information content (AvgIpc) is 2.87.